The van der Waals surface area contributed by atoms with Gasteiger partial charge < -0.3 is 29.7 Å². The average Bonchev–Trinajstić information content (AvgIpc) is 3.40. The number of likely N-dealkylation sites (tertiary alicyclic amines) is 1. The molecule has 0 aromatic heterocycles. The monoisotopic (exact) mass is 591 g/mol. The van der Waals surface area contributed by atoms with Crippen LogP contribution in [-0.2, 0) is 28.7 Å². The highest BCUT2D eigenvalue weighted by Crippen LogP contribution is 2.53. The number of carbonyl (C=O) groups is 4. The summed E-state index contributed by atoms with van der Waals surface area (Å²) in [6, 6.07) is 7.82. The van der Waals surface area contributed by atoms with Crippen molar-refractivity contribution in [3.8, 4) is 0 Å². The Morgan fingerprint density at radius 2 is 1.79 bits per heavy atom. The number of carbonyl (C=O) groups excluding carboxylic acids is 4. The molecular weight excluding hydrogens is 550 g/mol. The molecule has 10 heteroatoms. The molecular formula is C33H41N3O7. The molecule has 4 aliphatic heterocycles. The number of cyclic esters (lactones) is 1. The number of aliphatic hydroxyl groups excluding tert-OH is 1. The van der Waals surface area contributed by atoms with Crippen molar-refractivity contribution in [2.24, 2.45) is 11.8 Å². The molecule has 1 aromatic rings. The van der Waals surface area contributed by atoms with Gasteiger partial charge in [0.2, 0.25) is 17.7 Å². The van der Waals surface area contributed by atoms with Gasteiger partial charge in [0.25, 0.3) is 0 Å². The summed E-state index contributed by atoms with van der Waals surface area (Å²) in [5.74, 6) is -3.08. The number of rotatable bonds is 5. The highest BCUT2D eigenvalue weighted by Gasteiger charge is 2.71. The molecule has 4 heterocycles. The van der Waals surface area contributed by atoms with E-state index >= 15 is 0 Å². The Labute approximate surface area is 252 Å². The minimum atomic E-state index is -1.33. The zero-order chi connectivity index (χ0) is 30.0. The van der Waals surface area contributed by atoms with Gasteiger partial charge in [-0.05, 0) is 31.2 Å². The first-order chi connectivity index (χ1) is 20.9. The normalized spacial score (nSPS) is 34.3. The molecule has 5 aliphatic rings. The lowest BCUT2D eigenvalue weighted by atomic mass is 9.77. The minimum absolute atomic E-state index is 0.0414. The second-order valence-electron chi connectivity index (χ2n) is 12.3. The number of fused-ring (bicyclic) bond motifs is 2. The maximum atomic E-state index is 14.5. The van der Waals surface area contributed by atoms with Gasteiger partial charge in [-0.25, -0.2) is 0 Å². The first-order valence-electron chi connectivity index (χ1n) is 15.7. The van der Waals surface area contributed by atoms with Gasteiger partial charge in [0.1, 0.15) is 18.2 Å². The number of nitrogens with one attached hydrogen (secondary N) is 1. The van der Waals surface area contributed by atoms with E-state index in [1.165, 1.54) is 0 Å². The van der Waals surface area contributed by atoms with E-state index in [0.717, 1.165) is 37.7 Å². The molecule has 10 nitrogen and oxygen atoms in total. The lowest BCUT2D eigenvalue weighted by molar-refractivity contribution is -0.150. The van der Waals surface area contributed by atoms with Crippen LogP contribution in [0.2, 0.25) is 0 Å². The minimum Gasteiger partial charge on any atom is -0.463 e. The predicted octanol–water partition coefficient (Wildman–Crippen LogP) is 2.43. The number of hydrogen-bond donors (Lipinski definition) is 2. The third kappa shape index (κ3) is 5.51. The molecule has 3 amide bonds. The van der Waals surface area contributed by atoms with Gasteiger partial charge in [0.15, 0.2) is 0 Å². The Kier molecular flexibility index (Phi) is 8.68. The van der Waals surface area contributed by atoms with Crippen molar-refractivity contribution >= 4 is 23.7 Å². The summed E-state index contributed by atoms with van der Waals surface area (Å²) < 4.78 is 12.3. The third-order valence-corrected chi connectivity index (χ3v) is 9.67. The van der Waals surface area contributed by atoms with E-state index in [1.54, 1.807) is 17.1 Å². The molecule has 2 N–H and O–H groups in total. The van der Waals surface area contributed by atoms with E-state index in [0.29, 0.717) is 19.4 Å². The second-order valence-corrected chi connectivity index (χ2v) is 12.3. The Bertz CT molecular complexity index is 1280. The van der Waals surface area contributed by atoms with Gasteiger partial charge in [-0.1, -0.05) is 73.9 Å². The maximum absolute atomic E-state index is 14.5. The fourth-order valence-corrected chi connectivity index (χ4v) is 7.66. The van der Waals surface area contributed by atoms with Crippen molar-refractivity contribution in [1.82, 2.24) is 15.1 Å². The molecule has 43 heavy (non-hydrogen) atoms. The lowest BCUT2D eigenvalue weighted by Gasteiger charge is -2.39. The molecule has 230 valence electrons. The molecule has 1 spiro atoms. The summed E-state index contributed by atoms with van der Waals surface area (Å²) >= 11 is 0. The molecule has 6 atom stereocenters. The Balaban J connectivity index is 1.39. The van der Waals surface area contributed by atoms with E-state index in [4.69, 9.17) is 9.47 Å². The van der Waals surface area contributed by atoms with Crippen LogP contribution in [0.25, 0.3) is 0 Å². The SMILES string of the molecule is O=C1CC/C=C\[C@H]2O[C@]34C=CCN(C5CCCCC5)C(=O)[C@H]3N(CCCO)C(=O)[C@@H]4[C@H]2C(=O)N[C@H](c2ccccc2)CO1. The van der Waals surface area contributed by atoms with E-state index in [2.05, 4.69) is 5.32 Å². The third-order valence-electron chi connectivity index (χ3n) is 9.67. The number of benzene rings is 1. The Morgan fingerprint density at radius 1 is 1.00 bits per heavy atom. The van der Waals surface area contributed by atoms with Crippen LogP contribution in [-0.4, -0.2) is 88.7 Å². The van der Waals surface area contributed by atoms with Crippen LogP contribution in [0.1, 0.15) is 63.0 Å². The van der Waals surface area contributed by atoms with Crippen molar-refractivity contribution in [2.45, 2.75) is 81.2 Å². The largest absolute Gasteiger partial charge is 0.463 e. The van der Waals surface area contributed by atoms with Crippen LogP contribution in [0.3, 0.4) is 0 Å². The molecule has 0 unspecified atom stereocenters. The number of nitrogens with zero attached hydrogens (tertiary/aromatic N) is 2. The highest BCUT2D eigenvalue weighted by molar-refractivity contribution is 5.99. The van der Waals surface area contributed by atoms with E-state index < -0.39 is 41.5 Å². The van der Waals surface area contributed by atoms with Gasteiger partial charge in [0.05, 0.1) is 24.0 Å². The molecule has 0 radical (unpaired) electrons. The van der Waals surface area contributed by atoms with E-state index in [-0.39, 0.29) is 50.0 Å². The zero-order valence-electron chi connectivity index (χ0n) is 24.4. The standard InChI is InChI=1S/C33H41N3O7/c37-20-10-19-36-29-32(41)35(23-13-5-2-6-14-23)18-9-17-33(29)28(31(36)40)27-25(43-33)15-7-8-16-26(38)42-21-24(34-30(27)39)22-11-3-1-4-12-22/h1,3-4,7,9,11-12,15,17,23-25,27-29,37H,2,5-6,8,10,13-14,16,18-21H2,(H,34,39)/b15-7-/t24-,25+,27-,28-,29+,33-/m0/s1. The van der Waals surface area contributed by atoms with Crippen LogP contribution in [0.4, 0.5) is 0 Å². The van der Waals surface area contributed by atoms with Crippen LogP contribution < -0.4 is 5.32 Å². The highest BCUT2D eigenvalue weighted by atomic mass is 16.5. The predicted molar refractivity (Wildman–Crippen MR) is 156 cm³/mol. The number of ether oxygens (including phenoxy) is 2. The van der Waals surface area contributed by atoms with Gasteiger partial charge in [-0.2, -0.15) is 0 Å². The van der Waals surface area contributed by atoms with Crippen molar-refractivity contribution in [3.05, 3.63) is 60.2 Å². The number of esters is 1. The van der Waals surface area contributed by atoms with Crippen LogP contribution >= 0.6 is 0 Å². The van der Waals surface area contributed by atoms with Gasteiger partial charge in [0, 0.05) is 32.2 Å². The number of amides is 3. The van der Waals surface area contributed by atoms with Crippen LogP contribution in [0.15, 0.2) is 54.6 Å². The summed E-state index contributed by atoms with van der Waals surface area (Å²) in [6.07, 6.45) is 12.5. The Morgan fingerprint density at radius 3 is 2.56 bits per heavy atom. The summed E-state index contributed by atoms with van der Waals surface area (Å²) in [4.78, 5) is 58.9. The van der Waals surface area contributed by atoms with Crippen molar-refractivity contribution in [3.63, 3.8) is 0 Å². The van der Waals surface area contributed by atoms with Gasteiger partial charge in [-0.3, -0.25) is 19.2 Å². The van der Waals surface area contributed by atoms with Crippen molar-refractivity contribution in [1.29, 1.82) is 0 Å². The molecule has 1 saturated carbocycles. The fraction of sp³-hybridized carbons (Fsp3) is 0.576. The molecule has 0 bridgehead atoms. The molecule has 6 rings (SSSR count). The number of hydrogen-bond acceptors (Lipinski definition) is 7. The van der Waals surface area contributed by atoms with Gasteiger partial charge >= 0.3 is 5.97 Å². The maximum Gasteiger partial charge on any atom is 0.306 e. The number of allylic oxidation sites excluding steroid dienone is 1. The van der Waals surface area contributed by atoms with Crippen molar-refractivity contribution in [2.75, 3.05) is 26.3 Å². The fourth-order valence-electron chi connectivity index (χ4n) is 7.66. The summed E-state index contributed by atoms with van der Waals surface area (Å²) in [5.41, 5.74) is -0.562. The smallest absolute Gasteiger partial charge is 0.306 e. The van der Waals surface area contributed by atoms with E-state index in [9.17, 15) is 24.3 Å². The quantitative estimate of drug-likeness (QED) is 0.398. The van der Waals surface area contributed by atoms with Gasteiger partial charge in [-0.15, -0.1) is 0 Å². The zero-order valence-corrected chi connectivity index (χ0v) is 24.4. The van der Waals surface area contributed by atoms with Crippen LogP contribution in [0, 0.1) is 11.8 Å². The topological polar surface area (TPSA) is 125 Å². The molecule has 1 aliphatic carbocycles. The second kappa shape index (κ2) is 12.6. The van der Waals surface area contributed by atoms with Crippen molar-refractivity contribution < 1.29 is 33.8 Å². The summed E-state index contributed by atoms with van der Waals surface area (Å²) in [5, 5.41) is 12.7. The average molecular weight is 592 g/mol. The van der Waals surface area contributed by atoms with E-state index in [1.807, 2.05) is 47.4 Å². The summed E-state index contributed by atoms with van der Waals surface area (Å²) in [7, 11) is 0. The molecule has 3 fully saturated rings. The van der Waals surface area contributed by atoms with Crippen LogP contribution in [0.5, 0.6) is 0 Å². The Hall–Kier alpha value is -3.50. The molecule has 1 aromatic carbocycles. The molecule has 2 saturated heterocycles. The lowest BCUT2D eigenvalue weighted by Crippen LogP contribution is -2.57. The summed E-state index contributed by atoms with van der Waals surface area (Å²) in [6.45, 7) is 0.447. The number of aliphatic hydroxyl groups is 1. The first kappa shape index (κ1) is 29.6. The first-order valence-corrected chi connectivity index (χ1v) is 15.7.